The Morgan fingerprint density at radius 1 is 0.882 bits per heavy atom. The monoisotopic (exact) mass is 247 g/mol. The van der Waals surface area contributed by atoms with Crippen molar-refractivity contribution < 1.29 is 19.3 Å². The van der Waals surface area contributed by atoms with E-state index in [2.05, 4.69) is 0 Å². The van der Waals surface area contributed by atoms with Gasteiger partial charge in [-0.3, -0.25) is 0 Å². The van der Waals surface area contributed by atoms with Crippen molar-refractivity contribution >= 4 is 0 Å². The molecule has 0 heterocycles. The van der Waals surface area contributed by atoms with Gasteiger partial charge in [-0.25, -0.2) is 0 Å². The third-order valence-corrected chi connectivity index (χ3v) is 2.91. The highest BCUT2D eigenvalue weighted by Gasteiger charge is 2.18. The molecule has 1 rings (SSSR count). The first kappa shape index (κ1) is 14.9. The third-order valence-electron chi connectivity index (χ3n) is 2.91. The molecule has 1 aliphatic rings. The summed E-state index contributed by atoms with van der Waals surface area (Å²) in [6.45, 7) is 2.76. The molecular formula is C12H25NO4. The summed E-state index contributed by atoms with van der Waals surface area (Å²) < 4.78 is 16.1. The number of aliphatic hydroxyl groups excluding tert-OH is 1. The molecule has 0 radical (unpaired) electrons. The van der Waals surface area contributed by atoms with Gasteiger partial charge in [0.1, 0.15) is 0 Å². The van der Waals surface area contributed by atoms with E-state index in [0.29, 0.717) is 45.2 Å². The van der Waals surface area contributed by atoms with Crippen LogP contribution in [0.4, 0.5) is 0 Å². The van der Waals surface area contributed by atoms with Crippen LogP contribution in [0.25, 0.3) is 0 Å². The Kier molecular flexibility index (Phi) is 8.56. The van der Waals surface area contributed by atoms with Crippen molar-refractivity contribution in [3.63, 3.8) is 0 Å². The Hall–Kier alpha value is -0.200. The summed E-state index contributed by atoms with van der Waals surface area (Å²) in [6.07, 6.45) is 4.65. The standard InChI is InChI=1S/C12H25NO4/c13-11-1-3-12(4-2-11)17-10-9-16-8-7-15-6-5-14/h11-12,14H,1-10,13H2/t11-,12-. The summed E-state index contributed by atoms with van der Waals surface area (Å²) in [4.78, 5) is 0. The summed E-state index contributed by atoms with van der Waals surface area (Å²) in [5, 5.41) is 8.48. The van der Waals surface area contributed by atoms with Crippen LogP contribution >= 0.6 is 0 Å². The molecule has 1 fully saturated rings. The maximum absolute atomic E-state index is 8.48. The van der Waals surface area contributed by atoms with Crippen LogP contribution in [0.15, 0.2) is 0 Å². The van der Waals surface area contributed by atoms with E-state index in [1.807, 2.05) is 0 Å². The van der Waals surface area contributed by atoms with E-state index < -0.39 is 0 Å². The lowest BCUT2D eigenvalue weighted by atomic mass is 9.94. The number of aliphatic hydroxyl groups is 1. The Morgan fingerprint density at radius 2 is 1.47 bits per heavy atom. The highest BCUT2D eigenvalue weighted by molar-refractivity contribution is 4.74. The molecule has 102 valence electrons. The molecule has 0 amide bonds. The van der Waals surface area contributed by atoms with Crippen LogP contribution < -0.4 is 5.73 Å². The quantitative estimate of drug-likeness (QED) is 0.573. The highest BCUT2D eigenvalue weighted by Crippen LogP contribution is 2.19. The Morgan fingerprint density at radius 3 is 2.12 bits per heavy atom. The van der Waals surface area contributed by atoms with Crippen LogP contribution in [0.2, 0.25) is 0 Å². The molecule has 0 atom stereocenters. The van der Waals surface area contributed by atoms with Crippen molar-refractivity contribution in [1.29, 1.82) is 0 Å². The average Bonchev–Trinajstić information content (AvgIpc) is 2.35. The lowest BCUT2D eigenvalue weighted by molar-refractivity contribution is -0.0253. The smallest absolute Gasteiger partial charge is 0.0704 e. The first-order valence-corrected chi connectivity index (χ1v) is 6.46. The summed E-state index contributed by atoms with van der Waals surface area (Å²) in [5.74, 6) is 0. The molecule has 3 N–H and O–H groups in total. The van der Waals surface area contributed by atoms with E-state index in [0.717, 1.165) is 25.7 Å². The fourth-order valence-corrected chi connectivity index (χ4v) is 1.92. The van der Waals surface area contributed by atoms with Crippen LogP contribution in [-0.2, 0) is 14.2 Å². The van der Waals surface area contributed by atoms with Crippen molar-refractivity contribution in [2.24, 2.45) is 5.73 Å². The summed E-state index contributed by atoms with van der Waals surface area (Å²) >= 11 is 0. The zero-order chi connectivity index (χ0) is 12.3. The first-order chi connectivity index (χ1) is 8.33. The molecule has 0 saturated heterocycles. The summed E-state index contributed by atoms with van der Waals surface area (Å²) in [6, 6.07) is 0.370. The number of hydrogen-bond donors (Lipinski definition) is 2. The van der Waals surface area contributed by atoms with Gasteiger partial charge in [-0.1, -0.05) is 0 Å². The van der Waals surface area contributed by atoms with Gasteiger partial charge in [0.05, 0.1) is 45.7 Å². The van der Waals surface area contributed by atoms with Gasteiger partial charge >= 0.3 is 0 Å². The predicted octanol–water partition coefficient (Wildman–Crippen LogP) is 0.298. The van der Waals surface area contributed by atoms with Crippen LogP contribution in [0.5, 0.6) is 0 Å². The van der Waals surface area contributed by atoms with E-state index >= 15 is 0 Å². The number of ether oxygens (including phenoxy) is 3. The van der Waals surface area contributed by atoms with Crippen molar-refractivity contribution in [2.75, 3.05) is 39.6 Å². The molecule has 5 heteroatoms. The number of hydrogen-bond acceptors (Lipinski definition) is 5. The molecule has 0 spiro atoms. The Bertz CT molecular complexity index is 172. The van der Waals surface area contributed by atoms with Gasteiger partial charge in [0.15, 0.2) is 0 Å². The van der Waals surface area contributed by atoms with Crippen molar-refractivity contribution in [3.05, 3.63) is 0 Å². The van der Waals surface area contributed by atoms with E-state index in [1.54, 1.807) is 0 Å². The zero-order valence-corrected chi connectivity index (χ0v) is 10.5. The second kappa shape index (κ2) is 9.79. The van der Waals surface area contributed by atoms with Gasteiger partial charge in [0, 0.05) is 6.04 Å². The molecular weight excluding hydrogens is 222 g/mol. The lowest BCUT2D eigenvalue weighted by Gasteiger charge is -2.26. The van der Waals surface area contributed by atoms with Crippen molar-refractivity contribution in [1.82, 2.24) is 0 Å². The fraction of sp³-hybridized carbons (Fsp3) is 1.00. The van der Waals surface area contributed by atoms with Gasteiger partial charge in [0.25, 0.3) is 0 Å². The van der Waals surface area contributed by atoms with E-state index in [4.69, 9.17) is 25.1 Å². The fourth-order valence-electron chi connectivity index (χ4n) is 1.92. The number of rotatable bonds is 9. The van der Waals surface area contributed by atoms with Gasteiger partial charge in [-0.05, 0) is 25.7 Å². The Labute approximate surface area is 103 Å². The zero-order valence-electron chi connectivity index (χ0n) is 10.5. The molecule has 5 nitrogen and oxygen atoms in total. The van der Waals surface area contributed by atoms with Crippen LogP contribution in [-0.4, -0.2) is 56.9 Å². The lowest BCUT2D eigenvalue weighted by Crippen LogP contribution is -2.30. The minimum Gasteiger partial charge on any atom is -0.394 e. The van der Waals surface area contributed by atoms with Crippen LogP contribution in [0, 0.1) is 0 Å². The van der Waals surface area contributed by atoms with Gasteiger partial charge in [-0.15, -0.1) is 0 Å². The topological polar surface area (TPSA) is 73.9 Å². The average molecular weight is 247 g/mol. The first-order valence-electron chi connectivity index (χ1n) is 6.46. The van der Waals surface area contributed by atoms with Gasteiger partial charge in [0.2, 0.25) is 0 Å². The molecule has 0 aromatic carbocycles. The predicted molar refractivity (Wildman–Crippen MR) is 64.9 cm³/mol. The summed E-state index contributed by atoms with van der Waals surface area (Å²) in [5.41, 5.74) is 5.82. The minimum absolute atomic E-state index is 0.0624. The summed E-state index contributed by atoms with van der Waals surface area (Å²) in [7, 11) is 0. The minimum atomic E-state index is 0.0624. The van der Waals surface area contributed by atoms with E-state index in [9.17, 15) is 0 Å². The second-order valence-electron chi connectivity index (χ2n) is 4.36. The SMILES string of the molecule is N[C@H]1CC[C@H](OCCOCCOCCO)CC1. The van der Waals surface area contributed by atoms with Crippen molar-refractivity contribution in [2.45, 2.75) is 37.8 Å². The molecule has 0 aromatic rings. The normalized spacial score (nSPS) is 25.1. The van der Waals surface area contributed by atoms with E-state index in [1.165, 1.54) is 0 Å². The van der Waals surface area contributed by atoms with E-state index in [-0.39, 0.29) is 6.61 Å². The highest BCUT2D eigenvalue weighted by atomic mass is 16.5. The largest absolute Gasteiger partial charge is 0.394 e. The molecule has 0 bridgehead atoms. The molecule has 0 aromatic heterocycles. The number of nitrogens with two attached hydrogens (primary N) is 1. The molecule has 1 aliphatic carbocycles. The van der Waals surface area contributed by atoms with Gasteiger partial charge in [-0.2, -0.15) is 0 Å². The maximum Gasteiger partial charge on any atom is 0.0704 e. The molecule has 17 heavy (non-hydrogen) atoms. The van der Waals surface area contributed by atoms with Crippen molar-refractivity contribution in [3.8, 4) is 0 Å². The van der Waals surface area contributed by atoms with Crippen LogP contribution in [0.3, 0.4) is 0 Å². The molecule has 0 unspecified atom stereocenters. The molecule has 1 saturated carbocycles. The Balaban J connectivity index is 1.81. The molecule has 0 aliphatic heterocycles. The van der Waals surface area contributed by atoms with Crippen LogP contribution in [0.1, 0.15) is 25.7 Å². The van der Waals surface area contributed by atoms with Gasteiger partial charge < -0.3 is 25.1 Å². The third kappa shape index (κ3) is 7.68. The second-order valence-corrected chi connectivity index (χ2v) is 4.36. The maximum atomic E-state index is 8.48.